The van der Waals surface area contributed by atoms with E-state index in [4.69, 9.17) is 9.47 Å². The standard InChI is InChI=1S/C25H35N3O6S/c1-25(2)21(22(30)26-13-17-8-9-17)28(15-35-25)23(31)20(29)19(12-16-6-4-3-5-7-16)27-24(32)34-18-10-11-33-14-18/h3-7,17-21,29H,8-15H2,1-2H3,(H,26,30)(H,27,32)/t18-,19-,20-,21+/m0/s1. The van der Waals surface area contributed by atoms with Crippen LogP contribution in [0.3, 0.4) is 0 Å². The van der Waals surface area contributed by atoms with Crippen LogP contribution in [0.15, 0.2) is 30.3 Å². The number of aliphatic hydroxyl groups is 1. The number of amides is 3. The van der Waals surface area contributed by atoms with Crippen LogP contribution in [-0.4, -0.2) is 82.6 Å². The lowest BCUT2D eigenvalue weighted by atomic mass is 9.97. The van der Waals surface area contributed by atoms with Crippen LogP contribution < -0.4 is 10.6 Å². The van der Waals surface area contributed by atoms with Crippen molar-refractivity contribution in [3.05, 3.63) is 35.9 Å². The number of hydrogen-bond acceptors (Lipinski definition) is 7. The van der Waals surface area contributed by atoms with Crippen molar-refractivity contribution in [1.29, 1.82) is 0 Å². The number of nitrogens with zero attached hydrogens (tertiary/aromatic N) is 1. The number of carbonyl (C=O) groups excluding carboxylic acids is 3. The molecule has 3 fully saturated rings. The first kappa shape index (κ1) is 25.8. The summed E-state index contributed by atoms with van der Waals surface area (Å²) in [7, 11) is 0. The minimum atomic E-state index is -1.55. The summed E-state index contributed by atoms with van der Waals surface area (Å²) in [5.74, 6) is 0.00843. The Bertz CT molecular complexity index is 904. The number of ether oxygens (including phenoxy) is 2. The van der Waals surface area contributed by atoms with Gasteiger partial charge in [0, 0.05) is 17.7 Å². The maximum atomic E-state index is 13.5. The Balaban J connectivity index is 1.47. The van der Waals surface area contributed by atoms with Gasteiger partial charge >= 0.3 is 6.09 Å². The highest BCUT2D eigenvalue weighted by atomic mass is 32.2. The lowest BCUT2D eigenvalue weighted by Gasteiger charge is -2.33. The van der Waals surface area contributed by atoms with Crippen molar-refractivity contribution in [3.63, 3.8) is 0 Å². The Hall–Kier alpha value is -2.30. The van der Waals surface area contributed by atoms with Crippen molar-refractivity contribution in [2.24, 2.45) is 5.92 Å². The summed E-state index contributed by atoms with van der Waals surface area (Å²) in [6.07, 6.45) is 0.457. The molecule has 192 valence electrons. The van der Waals surface area contributed by atoms with Gasteiger partial charge in [0.25, 0.3) is 5.91 Å². The van der Waals surface area contributed by atoms with Gasteiger partial charge in [-0.2, -0.15) is 0 Å². The van der Waals surface area contributed by atoms with Crippen molar-refractivity contribution in [3.8, 4) is 0 Å². The second-order valence-corrected chi connectivity index (χ2v) is 11.7. The largest absolute Gasteiger partial charge is 0.444 e. The summed E-state index contributed by atoms with van der Waals surface area (Å²) in [6, 6.07) is 7.67. The summed E-state index contributed by atoms with van der Waals surface area (Å²) >= 11 is 1.50. The number of thioether (sulfide) groups is 1. The van der Waals surface area contributed by atoms with Gasteiger partial charge in [-0.1, -0.05) is 30.3 Å². The van der Waals surface area contributed by atoms with Crippen LogP contribution in [0.5, 0.6) is 0 Å². The molecule has 0 spiro atoms. The Morgan fingerprint density at radius 3 is 2.63 bits per heavy atom. The molecule has 35 heavy (non-hydrogen) atoms. The highest BCUT2D eigenvalue weighted by Gasteiger charge is 2.50. The highest BCUT2D eigenvalue weighted by Crippen LogP contribution is 2.40. The van der Waals surface area contributed by atoms with Crippen LogP contribution >= 0.6 is 11.8 Å². The lowest BCUT2D eigenvalue weighted by Crippen LogP contribution is -2.59. The van der Waals surface area contributed by atoms with Gasteiger partial charge in [-0.25, -0.2) is 4.79 Å². The Labute approximate surface area is 210 Å². The Morgan fingerprint density at radius 2 is 1.97 bits per heavy atom. The molecule has 2 heterocycles. The topological polar surface area (TPSA) is 117 Å². The number of rotatable bonds is 9. The molecule has 0 aromatic heterocycles. The fourth-order valence-electron chi connectivity index (χ4n) is 4.47. The monoisotopic (exact) mass is 505 g/mol. The zero-order valence-electron chi connectivity index (χ0n) is 20.3. The van der Waals surface area contributed by atoms with Crippen molar-refractivity contribution < 1.29 is 29.0 Å². The van der Waals surface area contributed by atoms with Gasteiger partial charge in [0.2, 0.25) is 5.91 Å². The van der Waals surface area contributed by atoms with Gasteiger partial charge in [-0.05, 0) is 44.6 Å². The molecule has 0 radical (unpaired) electrons. The molecule has 1 aromatic carbocycles. The molecule has 9 nitrogen and oxygen atoms in total. The minimum Gasteiger partial charge on any atom is -0.444 e. The third-order valence-electron chi connectivity index (χ3n) is 6.74. The molecule has 2 aliphatic heterocycles. The quantitative estimate of drug-likeness (QED) is 0.467. The zero-order valence-corrected chi connectivity index (χ0v) is 21.1. The van der Waals surface area contributed by atoms with Gasteiger partial charge in [0.1, 0.15) is 12.1 Å². The molecule has 0 unspecified atom stereocenters. The molecule has 1 aliphatic carbocycles. The number of carbonyl (C=O) groups is 3. The maximum Gasteiger partial charge on any atom is 0.407 e. The average molecular weight is 506 g/mol. The normalized spacial score (nSPS) is 25.1. The summed E-state index contributed by atoms with van der Waals surface area (Å²) < 4.78 is 10.1. The van der Waals surface area contributed by atoms with E-state index in [0.717, 1.165) is 18.4 Å². The van der Waals surface area contributed by atoms with Crippen LogP contribution in [0.25, 0.3) is 0 Å². The van der Waals surface area contributed by atoms with Gasteiger partial charge in [0.15, 0.2) is 6.10 Å². The van der Waals surface area contributed by atoms with Crippen molar-refractivity contribution in [2.75, 3.05) is 25.6 Å². The second kappa shape index (κ2) is 11.2. The predicted octanol–water partition coefficient (Wildman–Crippen LogP) is 1.68. The maximum absolute atomic E-state index is 13.5. The number of benzene rings is 1. The molecule has 3 aliphatic rings. The molecule has 1 saturated carbocycles. The van der Waals surface area contributed by atoms with Gasteiger partial charge in [0.05, 0.1) is 25.1 Å². The van der Waals surface area contributed by atoms with Crippen LogP contribution in [-0.2, 0) is 25.5 Å². The molecule has 3 amide bonds. The first-order chi connectivity index (χ1) is 16.7. The van der Waals surface area contributed by atoms with E-state index in [0.29, 0.717) is 32.1 Å². The third kappa shape index (κ3) is 6.68. The van der Waals surface area contributed by atoms with Gasteiger partial charge < -0.3 is 30.1 Å². The fraction of sp³-hybridized carbons (Fsp3) is 0.640. The van der Waals surface area contributed by atoms with E-state index in [-0.39, 0.29) is 24.3 Å². The number of hydrogen-bond donors (Lipinski definition) is 3. The first-order valence-electron chi connectivity index (χ1n) is 12.2. The molecule has 0 bridgehead atoms. The van der Waals surface area contributed by atoms with E-state index >= 15 is 0 Å². The fourth-order valence-corrected chi connectivity index (χ4v) is 5.61. The van der Waals surface area contributed by atoms with Crippen LogP contribution in [0.4, 0.5) is 4.79 Å². The third-order valence-corrected chi connectivity index (χ3v) is 8.11. The predicted molar refractivity (Wildman–Crippen MR) is 132 cm³/mol. The Morgan fingerprint density at radius 1 is 1.23 bits per heavy atom. The smallest absolute Gasteiger partial charge is 0.407 e. The lowest BCUT2D eigenvalue weighted by molar-refractivity contribution is -0.147. The SMILES string of the molecule is CC1(C)SCN(C(=O)[C@@H](O)[C@H](Cc2ccccc2)NC(=O)O[C@H]2CCOC2)[C@@H]1C(=O)NCC1CC1. The zero-order chi connectivity index (χ0) is 25.0. The molecule has 10 heteroatoms. The minimum absolute atomic E-state index is 0.208. The van der Waals surface area contributed by atoms with E-state index in [1.165, 1.54) is 16.7 Å². The van der Waals surface area contributed by atoms with Gasteiger partial charge in [-0.3, -0.25) is 9.59 Å². The van der Waals surface area contributed by atoms with E-state index in [1.54, 1.807) is 0 Å². The van der Waals surface area contributed by atoms with Crippen molar-refractivity contribution >= 4 is 29.7 Å². The van der Waals surface area contributed by atoms with E-state index in [9.17, 15) is 19.5 Å². The first-order valence-corrected chi connectivity index (χ1v) is 13.2. The second-order valence-electron chi connectivity index (χ2n) is 10.1. The summed E-state index contributed by atoms with van der Waals surface area (Å²) in [6.45, 7) is 5.32. The van der Waals surface area contributed by atoms with Gasteiger partial charge in [-0.15, -0.1) is 11.8 Å². The molecular formula is C25H35N3O6S. The van der Waals surface area contributed by atoms with E-state index < -0.39 is 34.9 Å². The van der Waals surface area contributed by atoms with Crippen LogP contribution in [0, 0.1) is 5.92 Å². The molecule has 4 atom stereocenters. The number of aliphatic hydroxyl groups excluding tert-OH is 1. The van der Waals surface area contributed by atoms with E-state index in [2.05, 4.69) is 10.6 Å². The van der Waals surface area contributed by atoms with Crippen LogP contribution in [0.2, 0.25) is 0 Å². The average Bonchev–Trinajstić information content (AvgIpc) is 3.42. The van der Waals surface area contributed by atoms with E-state index in [1.807, 2.05) is 44.2 Å². The molecule has 3 N–H and O–H groups in total. The molecule has 1 aromatic rings. The van der Waals surface area contributed by atoms with Crippen LogP contribution in [0.1, 0.15) is 38.7 Å². The number of alkyl carbamates (subject to hydrolysis) is 1. The van der Waals surface area contributed by atoms with Crippen molar-refractivity contribution in [1.82, 2.24) is 15.5 Å². The number of nitrogens with one attached hydrogen (secondary N) is 2. The summed E-state index contributed by atoms with van der Waals surface area (Å²) in [4.78, 5) is 40.6. The molecular weight excluding hydrogens is 470 g/mol. The molecule has 2 saturated heterocycles. The van der Waals surface area contributed by atoms with Crippen molar-refractivity contribution in [2.45, 2.75) is 68.6 Å². The summed E-state index contributed by atoms with van der Waals surface area (Å²) in [5, 5.41) is 16.8. The Kier molecular flexibility index (Phi) is 8.23. The highest BCUT2D eigenvalue weighted by molar-refractivity contribution is 8.00. The summed E-state index contributed by atoms with van der Waals surface area (Å²) in [5.41, 5.74) is 0.851. The molecule has 4 rings (SSSR count).